The summed E-state index contributed by atoms with van der Waals surface area (Å²) in [6, 6.07) is 12.1. The molecule has 0 unspecified atom stereocenters. The van der Waals surface area contributed by atoms with Crippen LogP contribution in [-0.2, 0) is 4.79 Å². The van der Waals surface area contributed by atoms with Gasteiger partial charge in [0.2, 0.25) is 0 Å². The van der Waals surface area contributed by atoms with Gasteiger partial charge < -0.3 is 10.3 Å². The van der Waals surface area contributed by atoms with Gasteiger partial charge in [-0.1, -0.05) is 17.7 Å². The maximum Gasteiger partial charge on any atom is 0.319 e. The number of nitrogens with zero attached hydrogens (tertiary/aromatic N) is 2. The van der Waals surface area contributed by atoms with E-state index in [1.165, 1.54) is 6.08 Å². The van der Waals surface area contributed by atoms with E-state index >= 15 is 0 Å². The van der Waals surface area contributed by atoms with Crippen LogP contribution in [-0.4, -0.2) is 16.5 Å². The van der Waals surface area contributed by atoms with Crippen molar-refractivity contribution in [3.63, 3.8) is 0 Å². The molecule has 3 amide bonds. The van der Waals surface area contributed by atoms with E-state index in [2.05, 4.69) is 0 Å². The molecule has 22 heavy (non-hydrogen) atoms. The summed E-state index contributed by atoms with van der Waals surface area (Å²) >= 11 is 0. The number of nitrogens with two attached hydrogens (primary N) is 1. The minimum absolute atomic E-state index is 0.203. The molecule has 0 aliphatic rings. The molecule has 0 saturated carbocycles. The summed E-state index contributed by atoms with van der Waals surface area (Å²) in [5, 5.41) is 10.9. The summed E-state index contributed by atoms with van der Waals surface area (Å²) < 4.78 is 1.83. The number of benzene rings is 1. The fraction of sp³-hybridized carbons (Fsp3) is 0.0625. The van der Waals surface area contributed by atoms with Crippen LogP contribution in [0, 0.1) is 18.3 Å². The number of imide groups is 1. The highest BCUT2D eigenvalue weighted by atomic mass is 16.2. The molecule has 6 heteroatoms. The molecule has 110 valence electrons. The molecule has 0 fully saturated rings. The molecule has 0 bridgehead atoms. The highest BCUT2D eigenvalue weighted by Crippen LogP contribution is 2.16. The van der Waals surface area contributed by atoms with Crippen LogP contribution in [0.15, 0.2) is 48.2 Å². The first kappa shape index (κ1) is 15.1. The predicted molar refractivity (Wildman–Crippen MR) is 81.8 cm³/mol. The minimum atomic E-state index is -1.000. The van der Waals surface area contributed by atoms with Crippen LogP contribution in [0.5, 0.6) is 0 Å². The van der Waals surface area contributed by atoms with Gasteiger partial charge in [0, 0.05) is 17.6 Å². The predicted octanol–water partition coefficient (Wildman–Crippen LogP) is 1.89. The van der Waals surface area contributed by atoms with E-state index in [-0.39, 0.29) is 5.57 Å². The Morgan fingerprint density at radius 3 is 2.55 bits per heavy atom. The second-order valence-electron chi connectivity index (χ2n) is 4.63. The molecular formula is C16H14N4O2. The first-order chi connectivity index (χ1) is 10.5. The Bertz CT molecular complexity index is 779. The van der Waals surface area contributed by atoms with Gasteiger partial charge >= 0.3 is 6.03 Å². The van der Waals surface area contributed by atoms with Crippen molar-refractivity contribution in [3.8, 4) is 11.8 Å². The Morgan fingerprint density at radius 1 is 1.27 bits per heavy atom. The van der Waals surface area contributed by atoms with Crippen molar-refractivity contribution in [2.45, 2.75) is 6.92 Å². The van der Waals surface area contributed by atoms with Crippen molar-refractivity contribution in [2.24, 2.45) is 5.73 Å². The monoisotopic (exact) mass is 294 g/mol. The summed E-state index contributed by atoms with van der Waals surface area (Å²) in [6.07, 6.45) is 3.22. The summed E-state index contributed by atoms with van der Waals surface area (Å²) in [7, 11) is 0. The molecule has 1 heterocycles. The third-order valence-corrected chi connectivity index (χ3v) is 2.99. The molecule has 2 aromatic rings. The van der Waals surface area contributed by atoms with Gasteiger partial charge in [-0.3, -0.25) is 10.1 Å². The Kier molecular flexibility index (Phi) is 4.39. The first-order valence-corrected chi connectivity index (χ1v) is 6.48. The summed E-state index contributed by atoms with van der Waals surface area (Å²) in [5.74, 6) is -0.827. The lowest BCUT2D eigenvalue weighted by Crippen LogP contribution is -2.35. The van der Waals surface area contributed by atoms with E-state index in [0.717, 1.165) is 11.3 Å². The lowest BCUT2D eigenvalue weighted by Gasteiger charge is -2.07. The molecular weight excluding hydrogens is 280 g/mol. The van der Waals surface area contributed by atoms with Crippen molar-refractivity contribution in [1.29, 1.82) is 5.26 Å². The Balaban J connectivity index is 2.38. The van der Waals surface area contributed by atoms with Crippen molar-refractivity contribution < 1.29 is 9.59 Å². The van der Waals surface area contributed by atoms with Crippen LogP contribution in [0.1, 0.15) is 11.3 Å². The second kappa shape index (κ2) is 6.41. The third kappa shape index (κ3) is 3.41. The van der Waals surface area contributed by atoms with E-state index in [0.29, 0.717) is 5.69 Å². The Labute approximate surface area is 127 Å². The van der Waals surface area contributed by atoms with Crippen LogP contribution in [0.25, 0.3) is 11.8 Å². The molecule has 3 N–H and O–H groups in total. The molecule has 0 saturated heterocycles. The van der Waals surface area contributed by atoms with E-state index in [1.54, 1.807) is 18.2 Å². The van der Waals surface area contributed by atoms with E-state index in [4.69, 9.17) is 11.0 Å². The van der Waals surface area contributed by atoms with Gasteiger partial charge in [-0.2, -0.15) is 5.26 Å². The number of carbonyl (C=O) groups excluding carboxylic acids is 2. The molecule has 1 aromatic carbocycles. The number of nitrogens with one attached hydrogen (secondary N) is 1. The number of aryl methyl sites for hydroxylation is 1. The summed E-state index contributed by atoms with van der Waals surface area (Å²) in [5.41, 5.74) is 7.35. The zero-order chi connectivity index (χ0) is 16.1. The fourth-order valence-corrected chi connectivity index (χ4v) is 1.93. The zero-order valence-electron chi connectivity index (χ0n) is 11.9. The average Bonchev–Trinajstić information content (AvgIpc) is 2.92. The van der Waals surface area contributed by atoms with Gasteiger partial charge in [0.15, 0.2) is 0 Å². The molecule has 0 radical (unpaired) electrons. The summed E-state index contributed by atoms with van der Waals surface area (Å²) in [6.45, 7) is 1.99. The van der Waals surface area contributed by atoms with E-state index in [1.807, 2.05) is 47.3 Å². The molecule has 0 aliphatic carbocycles. The van der Waals surface area contributed by atoms with Gasteiger partial charge in [-0.25, -0.2) is 4.79 Å². The number of carbonyl (C=O) groups is 2. The van der Waals surface area contributed by atoms with Crippen LogP contribution >= 0.6 is 0 Å². The van der Waals surface area contributed by atoms with Gasteiger partial charge in [0.05, 0.1) is 0 Å². The van der Waals surface area contributed by atoms with E-state index in [9.17, 15) is 9.59 Å². The highest BCUT2D eigenvalue weighted by Gasteiger charge is 2.12. The number of hydrogen-bond donors (Lipinski definition) is 2. The maximum atomic E-state index is 11.7. The lowest BCUT2D eigenvalue weighted by atomic mass is 10.2. The van der Waals surface area contributed by atoms with Gasteiger partial charge in [-0.15, -0.1) is 0 Å². The Morgan fingerprint density at radius 2 is 1.95 bits per heavy atom. The maximum absolute atomic E-state index is 11.7. The first-order valence-electron chi connectivity index (χ1n) is 6.48. The molecule has 0 atom stereocenters. The number of rotatable bonds is 3. The highest BCUT2D eigenvalue weighted by molar-refractivity contribution is 6.08. The van der Waals surface area contributed by atoms with Crippen molar-refractivity contribution in [3.05, 3.63) is 59.4 Å². The largest absolute Gasteiger partial charge is 0.351 e. The Hall–Kier alpha value is -3.33. The minimum Gasteiger partial charge on any atom is -0.351 e. The van der Waals surface area contributed by atoms with Gasteiger partial charge in [-0.05, 0) is 37.3 Å². The van der Waals surface area contributed by atoms with Crippen LogP contribution < -0.4 is 11.1 Å². The van der Waals surface area contributed by atoms with Crippen molar-refractivity contribution in [2.75, 3.05) is 0 Å². The number of nitriles is 1. The molecule has 2 rings (SSSR count). The molecule has 0 aliphatic heterocycles. The lowest BCUT2D eigenvalue weighted by molar-refractivity contribution is -0.115. The van der Waals surface area contributed by atoms with E-state index < -0.39 is 11.9 Å². The topological polar surface area (TPSA) is 101 Å². The normalized spacial score (nSPS) is 10.8. The number of primary amides is 1. The smallest absolute Gasteiger partial charge is 0.319 e. The number of amides is 3. The number of hydrogen-bond acceptors (Lipinski definition) is 3. The SMILES string of the molecule is Cc1ccc(-n2cccc2/C=C(/C#N)C(=O)NC(N)=O)cc1. The van der Waals surface area contributed by atoms with Crippen LogP contribution in [0.4, 0.5) is 4.79 Å². The fourth-order valence-electron chi connectivity index (χ4n) is 1.93. The standard InChI is InChI=1S/C16H14N4O2/c1-11-4-6-13(7-5-11)20-8-2-3-14(20)9-12(10-17)15(21)19-16(18)22/h2-9H,1H3,(H3,18,19,21,22)/b12-9-. The number of aromatic nitrogens is 1. The zero-order valence-corrected chi connectivity index (χ0v) is 11.9. The number of urea groups is 1. The van der Waals surface area contributed by atoms with Gasteiger partial charge in [0.25, 0.3) is 5.91 Å². The third-order valence-electron chi connectivity index (χ3n) is 2.99. The van der Waals surface area contributed by atoms with Crippen LogP contribution in [0.3, 0.4) is 0 Å². The second-order valence-corrected chi connectivity index (χ2v) is 4.63. The van der Waals surface area contributed by atoms with Crippen molar-refractivity contribution in [1.82, 2.24) is 9.88 Å². The quantitative estimate of drug-likeness (QED) is 0.667. The van der Waals surface area contributed by atoms with Gasteiger partial charge in [0.1, 0.15) is 11.6 Å². The average molecular weight is 294 g/mol. The molecule has 0 spiro atoms. The summed E-state index contributed by atoms with van der Waals surface area (Å²) in [4.78, 5) is 22.4. The molecule has 1 aromatic heterocycles. The van der Waals surface area contributed by atoms with Crippen molar-refractivity contribution >= 4 is 18.0 Å². The molecule has 6 nitrogen and oxygen atoms in total. The van der Waals surface area contributed by atoms with Crippen LogP contribution in [0.2, 0.25) is 0 Å².